The number of rotatable bonds is 12. The molecule has 22 heavy (non-hydrogen) atoms. The molecule has 2 nitrogen and oxygen atoms in total. The van der Waals surface area contributed by atoms with Gasteiger partial charge in [0, 0.05) is 6.42 Å². The molecule has 0 heterocycles. The lowest BCUT2D eigenvalue weighted by molar-refractivity contribution is -0.145. The van der Waals surface area contributed by atoms with Crippen molar-refractivity contribution in [2.24, 2.45) is 17.8 Å². The first-order valence-electron chi connectivity index (χ1n) is 9.10. The zero-order valence-electron chi connectivity index (χ0n) is 15.8. The number of esters is 1. The van der Waals surface area contributed by atoms with Crippen LogP contribution in [0.1, 0.15) is 86.5 Å². The van der Waals surface area contributed by atoms with Crippen LogP contribution in [-0.2, 0) is 9.53 Å². The summed E-state index contributed by atoms with van der Waals surface area (Å²) in [5.41, 5.74) is 1.38. The molecule has 2 unspecified atom stereocenters. The second-order valence-corrected chi connectivity index (χ2v) is 7.61. The second-order valence-electron chi connectivity index (χ2n) is 7.61. The monoisotopic (exact) mass is 310 g/mol. The van der Waals surface area contributed by atoms with E-state index < -0.39 is 0 Å². The second kappa shape index (κ2) is 12.7. The Labute approximate surface area is 138 Å². The van der Waals surface area contributed by atoms with E-state index in [-0.39, 0.29) is 5.97 Å². The molecular formula is C20H38O2. The number of allylic oxidation sites excluding steroid dienone is 2. The molecule has 0 spiro atoms. The number of hydrogen-bond donors (Lipinski definition) is 0. The van der Waals surface area contributed by atoms with Gasteiger partial charge in [-0.15, -0.1) is 0 Å². The summed E-state index contributed by atoms with van der Waals surface area (Å²) in [6.45, 7) is 13.7. The maximum absolute atomic E-state index is 11.8. The van der Waals surface area contributed by atoms with Gasteiger partial charge in [0.15, 0.2) is 0 Å². The summed E-state index contributed by atoms with van der Waals surface area (Å²) in [6, 6.07) is 0. The van der Waals surface area contributed by atoms with Crippen molar-refractivity contribution < 1.29 is 9.53 Å². The van der Waals surface area contributed by atoms with Gasteiger partial charge in [-0.3, -0.25) is 4.79 Å². The largest absolute Gasteiger partial charge is 0.466 e. The van der Waals surface area contributed by atoms with Crippen LogP contribution in [-0.4, -0.2) is 12.6 Å². The van der Waals surface area contributed by atoms with Gasteiger partial charge in [0.1, 0.15) is 0 Å². The molecule has 0 aromatic heterocycles. The van der Waals surface area contributed by atoms with Crippen molar-refractivity contribution in [2.75, 3.05) is 6.61 Å². The van der Waals surface area contributed by atoms with E-state index in [1.165, 1.54) is 24.8 Å². The summed E-state index contributed by atoms with van der Waals surface area (Å²) in [7, 11) is 0. The first kappa shape index (κ1) is 21.2. The molecule has 2 heteroatoms. The van der Waals surface area contributed by atoms with E-state index in [9.17, 15) is 4.79 Å². The van der Waals surface area contributed by atoms with Crippen LogP contribution in [0, 0.1) is 17.8 Å². The molecule has 0 aromatic carbocycles. The van der Waals surface area contributed by atoms with Gasteiger partial charge in [-0.1, -0.05) is 58.6 Å². The molecule has 130 valence electrons. The van der Waals surface area contributed by atoms with E-state index in [2.05, 4.69) is 47.6 Å². The van der Waals surface area contributed by atoms with Gasteiger partial charge < -0.3 is 4.74 Å². The number of carbonyl (C=O) groups excluding carboxylic acids is 1. The van der Waals surface area contributed by atoms with E-state index >= 15 is 0 Å². The molecule has 0 aliphatic carbocycles. The summed E-state index contributed by atoms with van der Waals surface area (Å²) in [5, 5.41) is 0. The van der Waals surface area contributed by atoms with Crippen molar-refractivity contribution in [2.45, 2.75) is 86.5 Å². The Kier molecular flexibility index (Phi) is 12.3. The summed E-state index contributed by atoms with van der Waals surface area (Å²) in [6.07, 6.45) is 9.73. The van der Waals surface area contributed by atoms with E-state index in [0.717, 1.165) is 25.2 Å². The van der Waals surface area contributed by atoms with Gasteiger partial charge in [0.25, 0.3) is 0 Å². The molecule has 0 rings (SSSR count). The van der Waals surface area contributed by atoms with Crippen LogP contribution in [0.15, 0.2) is 11.6 Å². The third-order valence-electron chi connectivity index (χ3n) is 4.08. The molecule has 0 amide bonds. The van der Waals surface area contributed by atoms with Crippen LogP contribution in [0.25, 0.3) is 0 Å². The third-order valence-corrected chi connectivity index (χ3v) is 4.08. The van der Waals surface area contributed by atoms with Crippen molar-refractivity contribution in [1.29, 1.82) is 0 Å². The summed E-state index contributed by atoms with van der Waals surface area (Å²) < 4.78 is 5.38. The van der Waals surface area contributed by atoms with Gasteiger partial charge >= 0.3 is 5.97 Å². The van der Waals surface area contributed by atoms with E-state index in [1.54, 1.807) is 0 Å². The fourth-order valence-electron chi connectivity index (χ4n) is 2.49. The van der Waals surface area contributed by atoms with Gasteiger partial charge in [0.2, 0.25) is 0 Å². The highest BCUT2D eigenvalue weighted by atomic mass is 16.5. The average molecular weight is 311 g/mol. The fraction of sp³-hybridized carbons (Fsp3) is 0.850. The molecule has 0 aromatic rings. The van der Waals surface area contributed by atoms with Crippen molar-refractivity contribution in [3.05, 3.63) is 11.6 Å². The maximum atomic E-state index is 11.8. The first-order chi connectivity index (χ1) is 10.3. The molecule has 2 atom stereocenters. The zero-order valence-corrected chi connectivity index (χ0v) is 15.8. The highest BCUT2D eigenvalue weighted by Gasteiger charge is 2.11. The Morgan fingerprint density at radius 1 is 0.955 bits per heavy atom. The van der Waals surface area contributed by atoms with Crippen molar-refractivity contribution >= 4 is 5.97 Å². The highest BCUT2D eigenvalue weighted by Crippen LogP contribution is 2.16. The van der Waals surface area contributed by atoms with Gasteiger partial charge in [-0.2, -0.15) is 0 Å². The normalized spacial score (nSPS) is 13.8. The Bertz CT molecular complexity index is 314. The Morgan fingerprint density at radius 3 is 2.23 bits per heavy atom. The maximum Gasteiger partial charge on any atom is 0.306 e. The predicted octanol–water partition coefficient (Wildman–Crippen LogP) is 6.15. The Morgan fingerprint density at radius 2 is 1.64 bits per heavy atom. The molecular weight excluding hydrogens is 272 g/mol. The van der Waals surface area contributed by atoms with Crippen LogP contribution in [0.4, 0.5) is 0 Å². The molecule has 0 aliphatic heterocycles. The Hall–Kier alpha value is -0.790. The lowest BCUT2D eigenvalue weighted by Crippen LogP contribution is -2.12. The van der Waals surface area contributed by atoms with Crippen molar-refractivity contribution in [3.8, 4) is 0 Å². The summed E-state index contributed by atoms with van der Waals surface area (Å²) in [4.78, 5) is 11.8. The van der Waals surface area contributed by atoms with Crippen molar-refractivity contribution in [1.82, 2.24) is 0 Å². The minimum absolute atomic E-state index is 0.0199. The van der Waals surface area contributed by atoms with Crippen LogP contribution < -0.4 is 0 Å². The van der Waals surface area contributed by atoms with Crippen LogP contribution in [0.2, 0.25) is 0 Å². The molecule has 0 saturated heterocycles. The summed E-state index contributed by atoms with van der Waals surface area (Å²) >= 11 is 0. The smallest absolute Gasteiger partial charge is 0.306 e. The topological polar surface area (TPSA) is 26.3 Å². The molecule has 0 saturated carbocycles. The average Bonchev–Trinajstić information content (AvgIpc) is 2.37. The number of ether oxygens (including phenoxy) is 1. The van der Waals surface area contributed by atoms with Gasteiger partial charge in [0.05, 0.1) is 6.61 Å². The summed E-state index contributed by atoms with van der Waals surface area (Å²) in [5.74, 6) is 1.80. The molecule has 0 fully saturated rings. The third kappa shape index (κ3) is 14.2. The quantitative estimate of drug-likeness (QED) is 0.319. The SMILES string of the molecule is CC(C)=CCCC(C)CCOC(=O)CC(C)CCCC(C)C. The van der Waals surface area contributed by atoms with E-state index in [1.807, 2.05) is 0 Å². The van der Waals surface area contributed by atoms with Crippen LogP contribution >= 0.6 is 0 Å². The van der Waals surface area contributed by atoms with Gasteiger partial charge in [-0.25, -0.2) is 0 Å². The Balaban J connectivity index is 3.65. The highest BCUT2D eigenvalue weighted by molar-refractivity contribution is 5.69. The predicted molar refractivity (Wildman–Crippen MR) is 95.9 cm³/mol. The minimum Gasteiger partial charge on any atom is -0.466 e. The first-order valence-corrected chi connectivity index (χ1v) is 9.10. The lowest BCUT2D eigenvalue weighted by Gasteiger charge is -2.13. The number of carbonyl (C=O) groups is 1. The number of hydrogen-bond acceptors (Lipinski definition) is 2. The van der Waals surface area contributed by atoms with Crippen LogP contribution in [0.3, 0.4) is 0 Å². The van der Waals surface area contributed by atoms with E-state index in [0.29, 0.717) is 24.9 Å². The van der Waals surface area contributed by atoms with Crippen LogP contribution in [0.5, 0.6) is 0 Å². The molecule has 0 bridgehead atoms. The minimum atomic E-state index is -0.0199. The molecule has 0 N–H and O–H groups in total. The van der Waals surface area contributed by atoms with Gasteiger partial charge in [-0.05, 0) is 50.9 Å². The lowest BCUT2D eigenvalue weighted by atomic mass is 9.97. The van der Waals surface area contributed by atoms with Crippen molar-refractivity contribution in [3.63, 3.8) is 0 Å². The zero-order chi connectivity index (χ0) is 17.0. The standard InChI is InChI=1S/C20H38O2/c1-16(2)9-7-11-18(5)13-14-22-20(21)15-19(6)12-8-10-17(3)4/h9,17-19H,7-8,10-15H2,1-6H3. The molecule has 0 aliphatic rings. The fourth-order valence-corrected chi connectivity index (χ4v) is 2.49. The molecule has 0 radical (unpaired) electrons. The van der Waals surface area contributed by atoms with E-state index in [4.69, 9.17) is 4.74 Å².